The summed E-state index contributed by atoms with van der Waals surface area (Å²) in [4.78, 5) is 23.7. The number of methoxy groups -OCH3 is 1. The highest BCUT2D eigenvalue weighted by molar-refractivity contribution is 7.90. The van der Waals surface area contributed by atoms with E-state index in [0.717, 1.165) is 25.6 Å². The molecule has 1 aromatic rings. The second kappa shape index (κ2) is 6.45. The largest absolute Gasteiger partial charge is 0.465 e. The van der Waals surface area contributed by atoms with E-state index < -0.39 is 15.8 Å². The van der Waals surface area contributed by atoms with Crippen LogP contribution in [0, 0.1) is 0 Å². The van der Waals surface area contributed by atoms with Gasteiger partial charge in [-0.1, -0.05) is 0 Å². The number of nitrogens with one attached hydrogen (secondary N) is 2. The van der Waals surface area contributed by atoms with Gasteiger partial charge in [-0.25, -0.2) is 13.2 Å². The van der Waals surface area contributed by atoms with Gasteiger partial charge in [0.1, 0.15) is 0 Å². The lowest BCUT2D eigenvalue weighted by molar-refractivity contribution is -0.117. The van der Waals surface area contributed by atoms with E-state index >= 15 is 0 Å². The molecule has 1 fully saturated rings. The predicted molar refractivity (Wildman–Crippen MR) is 80.5 cm³/mol. The quantitative estimate of drug-likeness (QED) is 0.784. The van der Waals surface area contributed by atoms with Crippen molar-refractivity contribution >= 4 is 27.4 Å². The molecule has 8 heteroatoms. The van der Waals surface area contributed by atoms with Crippen molar-refractivity contribution < 1.29 is 22.7 Å². The van der Waals surface area contributed by atoms with Gasteiger partial charge < -0.3 is 15.4 Å². The van der Waals surface area contributed by atoms with Crippen molar-refractivity contribution in [1.82, 2.24) is 5.32 Å². The third kappa shape index (κ3) is 3.83. The van der Waals surface area contributed by atoms with Gasteiger partial charge in [-0.05, 0) is 37.6 Å². The summed E-state index contributed by atoms with van der Waals surface area (Å²) >= 11 is 0. The van der Waals surface area contributed by atoms with E-state index in [4.69, 9.17) is 0 Å². The Morgan fingerprint density at radius 1 is 1.32 bits per heavy atom. The van der Waals surface area contributed by atoms with Crippen LogP contribution < -0.4 is 10.6 Å². The lowest BCUT2D eigenvalue weighted by Crippen LogP contribution is -2.35. The number of carbonyl (C=O) groups is 2. The second-order valence-electron chi connectivity index (χ2n) is 5.15. The van der Waals surface area contributed by atoms with Gasteiger partial charge in [0.25, 0.3) is 0 Å². The Kier molecular flexibility index (Phi) is 4.82. The molecule has 1 aromatic carbocycles. The van der Waals surface area contributed by atoms with Crippen LogP contribution in [-0.4, -0.2) is 46.2 Å². The number of benzene rings is 1. The third-order valence-corrected chi connectivity index (χ3v) is 4.49. The molecular weight excluding hydrogens is 308 g/mol. The second-order valence-corrected chi connectivity index (χ2v) is 7.16. The van der Waals surface area contributed by atoms with E-state index in [-0.39, 0.29) is 28.1 Å². The molecule has 0 radical (unpaired) electrons. The summed E-state index contributed by atoms with van der Waals surface area (Å²) in [5, 5.41) is 5.69. The van der Waals surface area contributed by atoms with Gasteiger partial charge in [0.05, 0.1) is 23.6 Å². The highest BCUT2D eigenvalue weighted by atomic mass is 32.2. The third-order valence-electron chi connectivity index (χ3n) is 3.40. The molecule has 1 aliphatic heterocycles. The number of esters is 1. The molecule has 2 N–H and O–H groups in total. The van der Waals surface area contributed by atoms with Gasteiger partial charge in [0.2, 0.25) is 5.91 Å². The monoisotopic (exact) mass is 326 g/mol. The minimum atomic E-state index is -3.52. The zero-order chi connectivity index (χ0) is 16.3. The van der Waals surface area contributed by atoms with Crippen LogP contribution in [0.5, 0.6) is 0 Å². The Hall–Kier alpha value is -1.93. The molecule has 1 unspecified atom stereocenters. The van der Waals surface area contributed by atoms with Crippen molar-refractivity contribution in [3.8, 4) is 0 Å². The van der Waals surface area contributed by atoms with Crippen molar-refractivity contribution in [2.75, 3.05) is 25.2 Å². The van der Waals surface area contributed by atoms with Gasteiger partial charge in [0, 0.05) is 11.9 Å². The number of carbonyl (C=O) groups excluding carboxylic acids is 2. The molecule has 7 nitrogen and oxygen atoms in total. The van der Waals surface area contributed by atoms with Gasteiger partial charge in [-0.2, -0.15) is 0 Å². The van der Waals surface area contributed by atoms with Crippen LogP contribution in [0.1, 0.15) is 23.2 Å². The van der Waals surface area contributed by atoms with Crippen LogP contribution >= 0.6 is 0 Å². The Labute approximate surface area is 129 Å². The zero-order valence-electron chi connectivity index (χ0n) is 12.4. The predicted octanol–water partition coefficient (Wildman–Crippen LogP) is 0.567. The van der Waals surface area contributed by atoms with Crippen LogP contribution in [-0.2, 0) is 19.4 Å². The van der Waals surface area contributed by atoms with E-state index in [9.17, 15) is 18.0 Å². The van der Waals surface area contributed by atoms with Crippen LogP contribution in [0.15, 0.2) is 23.1 Å². The molecule has 1 aliphatic rings. The molecule has 1 heterocycles. The Morgan fingerprint density at radius 2 is 2.05 bits per heavy atom. The molecule has 1 amide bonds. The van der Waals surface area contributed by atoms with Crippen molar-refractivity contribution in [2.24, 2.45) is 0 Å². The fraction of sp³-hybridized carbons (Fsp3) is 0.429. The first kappa shape index (κ1) is 16.4. The molecule has 1 atom stereocenters. The maximum atomic E-state index is 12.1. The summed E-state index contributed by atoms with van der Waals surface area (Å²) in [6.45, 7) is 0.773. The van der Waals surface area contributed by atoms with Crippen molar-refractivity contribution in [1.29, 1.82) is 0 Å². The van der Waals surface area contributed by atoms with Gasteiger partial charge in [-0.15, -0.1) is 0 Å². The van der Waals surface area contributed by atoms with Gasteiger partial charge in [-0.3, -0.25) is 4.79 Å². The first-order chi connectivity index (χ1) is 10.3. The molecule has 2 rings (SSSR count). The molecule has 0 saturated carbocycles. The molecule has 0 bridgehead atoms. The number of sulfone groups is 1. The highest BCUT2D eigenvalue weighted by Crippen LogP contribution is 2.20. The smallest absolute Gasteiger partial charge is 0.337 e. The fourth-order valence-electron chi connectivity index (χ4n) is 2.26. The summed E-state index contributed by atoms with van der Waals surface area (Å²) in [6, 6.07) is 3.65. The molecule has 0 spiro atoms. The Morgan fingerprint density at radius 3 is 2.59 bits per heavy atom. The first-order valence-corrected chi connectivity index (χ1v) is 8.68. The summed E-state index contributed by atoms with van der Waals surface area (Å²) in [6.07, 6.45) is 2.67. The molecular formula is C14H18N2O5S. The number of hydrogen-bond acceptors (Lipinski definition) is 6. The normalized spacial score (nSPS) is 18.0. The average molecular weight is 326 g/mol. The van der Waals surface area contributed by atoms with E-state index in [2.05, 4.69) is 15.4 Å². The van der Waals surface area contributed by atoms with Crippen molar-refractivity contribution in [3.63, 3.8) is 0 Å². The van der Waals surface area contributed by atoms with Gasteiger partial charge in [0.15, 0.2) is 9.84 Å². The number of anilines is 1. The zero-order valence-corrected chi connectivity index (χ0v) is 13.2. The minimum absolute atomic E-state index is 0.0509. The summed E-state index contributed by atoms with van der Waals surface area (Å²) in [7, 11) is -2.31. The van der Waals surface area contributed by atoms with E-state index in [1.807, 2.05) is 0 Å². The van der Waals surface area contributed by atoms with Crippen LogP contribution in [0.3, 0.4) is 0 Å². The molecule has 22 heavy (non-hydrogen) atoms. The maximum Gasteiger partial charge on any atom is 0.337 e. The van der Waals surface area contributed by atoms with Gasteiger partial charge >= 0.3 is 5.97 Å². The minimum Gasteiger partial charge on any atom is -0.465 e. The number of amides is 1. The molecule has 0 aromatic heterocycles. The lowest BCUT2D eigenvalue weighted by atomic mass is 10.1. The van der Waals surface area contributed by atoms with E-state index in [0.29, 0.717) is 0 Å². The number of ether oxygens (including phenoxy) is 1. The van der Waals surface area contributed by atoms with Crippen LogP contribution in [0.25, 0.3) is 0 Å². The van der Waals surface area contributed by atoms with E-state index in [1.165, 1.54) is 25.3 Å². The molecule has 120 valence electrons. The van der Waals surface area contributed by atoms with Crippen molar-refractivity contribution in [3.05, 3.63) is 23.8 Å². The number of rotatable bonds is 4. The fourth-order valence-corrected chi connectivity index (χ4v) is 2.94. The maximum absolute atomic E-state index is 12.1. The Balaban J connectivity index is 2.33. The van der Waals surface area contributed by atoms with Crippen LogP contribution in [0.4, 0.5) is 5.69 Å². The average Bonchev–Trinajstić information content (AvgIpc) is 2.99. The standard InChI is InChI=1S/C14H18N2O5S/c1-21-14(18)9-6-10(8-11(7-9)22(2,19)20)16-13(17)12-4-3-5-15-12/h6-8,12,15H,3-5H2,1-2H3,(H,16,17). The molecule has 1 saturated heterocycles. The summed E-state index contributed by atoms with van der Waals surface area (Å²) in [5.74, 6) is -0.918. The molecule has 0 aliphatic carbocycles. The lowest BCUT2D eigenvalue weighted by Gasteiger charge is -2.13. The summed E-state index contributed by atoms with van der Waals surface area (Å²) in [5.41, 5.74) is 0.321. The number of hydrogen-bond donors (Lipinski definition) is 2. The van der Waals surface area contributed by atoms with Crippen molar-refractivity contribution in [2.45, 2.75) is 23.8 Å². The first-order valence-electron chi connectivity index (χ1n) is 6.79. The topological polar surface area (TPSA) is 102 Å². The SMILES string of the molecule is COC(=O)c1cc(NC(=O)C2CCCN2)cc(S(C)(=O)=O)c1. The summed E-state index contributed by atoms with van der Waals surface area (Å²) < 4.78 is 28.0. The van der Waals surface area contributed by atoms with E-state index in [1.54, 1.807) is 0 Å². The Bertz CT molecular complexity index is 693. The van der Waals surface area contributed by atoms with Crippen LogP contribution in [0.2, 0.25) is 0 Å². The highest BCUT2D eigenvalue weighted by Gasteiger charge is 2.23.